The molecule has 1 aromatic heterocycles. The Balaban J connectivity index is 2.28. The number of methoxy groups -OCH3 is 1. The van der Waals surface area contributed by atoms with E-state index in [4.69, 9.17) is 14.7 Å². The first-order valence-electron chi connectivity index (χ1n) is 5.01. The molecule has 84 valence electrons. The van der Waals surface area contributed by atoms with Gasteiger partial charge in [0.1, 0.15) is 11.8 Å². The van der Waals surface area contributed by atoms with Crippen molar-refractivity contribution in [2.45, 2.75) is 0 Å². The first kappa shape index (κ1) is 11.0. The van der Waals surface area contributed by atoms with E-state index in [9.17, 15) is 0 Å². The van der Waals surface area contributed by atoms with Gasteiger partial charge in [-0.05, 0) is 18.2 Å². The molecule has 0 radical (unpaired) electrons. The smallest absolute Gasteiger partial charge is 0.220 e. The first-order chi connectivity index (χ1) is 8.33. The zero-order chi connectivity index (χ0) is 12.1. The predicted molar refractivity (Wildman–Crippen MR) is 62.0 cm³/mol. The largest absolute Gasteiger partial charge is 0.493 e. The Hall–Kier alpha value is -2.54. The molecular weight excluding hydrogens is 216 g/mol. The molecule has 0 saturated carbocycles. The third-order valence-corrected chi connectivity index (χ3v) is 2.12. The maximum atomic E-state index is 8.74. The van der Waals surface area contributed by atoms with E-state index >= 15 is 0 Å². The van der Waals surface area contributed by atoms with Gasteiger partial charge in [-0.3, -0.25) is 0 Å². The average molecular weight is 226 g/mol. The Morgan fingerprint density at radius 2 is 1.82 bits per heavy atom. The number of hydrogen-bond acceptors (Lipinski definition) is 4. The Bertz CT molecular complexity index is 561. The predicted octanol–water partition coefficient (Wildman–Crippen LogP) is 2.75. The van der Waals surface area contributed by atoms with Gasteiger partial charge >= 0.3 is 0 Å². The highest BCUT2D eigenvalue weighted by Crippen LogP contribution is 2.29. The minimum atomic E-state index is 0.317. The molecule has 0 aliphatic rings. The van der Waals surface area contributed by atoms with E-state index in [0.717, 1.165) is 0 Å². The normalized spacial score (nSPS) is 9.41. The molecule has 0 bridgehead atoms. The summed E-state index contributed by atoms with van der Waals surface area (Å²) in [6.45, 7) is 0. The van der Waals surface area contributed by atoms with E-state index in [1.807, 2.05) is 18.2 Å². The lowest BCUT2D eigenvalue weighted by Crippen LogP contribution is -1.92. The van der Waals surface area contributed by atoms with Gasteiger partial charge in [0.15, 0.2) is 11.5 Å². The molecule has 1 heterocycles. The van der Waals surface area contributed by atoms with E-state index in [1.165, 1.54) is 0 Å². The SMILES string of the molecule is COc1ccccc1Oc1cccc(C#N)n1. The molecule has 0 aliphatic carbocycles. The minimum Gasteiger partial charge on any atom is -0.493 e. The highest BCUT2D eigenvalue weighted by molar-refractivity contribution is 5.41. The lowest BCUT2D eigenvalue weighted by atomic mass is 10.3. The van der Waals surface area contributed by atoms with Gasteiger partial charge < -0.3 is 9.47 Å². The van der Waals surface area contributed by atoms with Crippen molar-refractivity contribution in [2.75, 3.05) is 7.11 Å². The third kappa shape index (κ3) is 2.52. The number of nitrogens with zero attached hydrogens (tertiary/aromatic N) is 2. The van der Waals surface area contributed by atoms with Crippen molar-refractivity contribution >= 4 is 0 Å². The highest BCUT2D eigenvalue weighted by Gasteiger charge is 2.05. The van der Waals surface area contributed by atoms with Crippen LogP contribution in [-0.4, -0.2) is 12.1 Å². The summed E-state index contributed by atoms with van der Waals surface area (Å²) >= 11 is 0. The van der Waals surface area contributed by atoms with Gasteiger partial charge in [-0.2, -0.15) is 5.26 Å². The summed E-state index contributed by atoms with van der Waals surface area (Å²) in [7, 11) is 1.57. The molecule has 1 aromatic carbocycles. The number of ether oxygens (including phenoxy) is 2. The Labute approximate surface area is 99.1 Å². The molecule has 2 rings (SSSR count). The molecule has 0 N–H and O–H groups in total. The van der Waals surface area contributed by atoms with Crippen LogP contribution >= 0.6 is 0 Å². The second-order valence-electron chi connectivity index (χ2n) is 3.23. The summed E-state index contributed by atoms with van der Waals surface area (Å²) in [4.78, 5) is 4.02. The summed E-state index contributed by atoms with van der Waals surface area (Å²) in [5.74, 6) is 1.56. The fourth-order valence-electron chi connectivity index (χ4n) is 1.35. The van der Waals surface area contributed by atoms with E-state index in [-0.39, 0.29) is 0 Å². The second-order valence-corrected chi connectivity index (χ2v) is 3.23. The van der Waals surface area contributed by atoms with Gasteiger partial charge in [-0.25, -0.2) is 4.98 Å². The monoisotopic (exact) mass is 226 g/mol. The van der Waals surface area contributed by atoms with Crippen molar-refractivity contribution in [1.29, 1.82) is 5.26 Å². The molecular formula is C13H10N2O2. The Morgan fingerprint density at radius 1 is 1.06 bits per heavy atom. The van der Waals surface area contributed by atoms with Crippen LogP contribution in [0.15, 0.2) is 42.5 Å². The number of hydrogen-bond donors (Lipinski definition) is 0. The maximum absolute atomic E-state index is 8.74. The van der Waals surface area contributed by atoms with Crippen LogP contribution in [0, 0.1) is 11.3 Å². The summed E-state index contributed by atoms with van der Waals surface area (Å²) in [6.07, 6.45) is 0. The van der Waals surface area contributed by atoms with E-state index in [2.05, 4.69) is 4.98 Å². The fourth-order valence-corrected chi connectivity index (χ4v) is 1.35. The van der Waals surface area contributed by atoms with Crippen LogP contribution in [0.4, 0.5) is 0 Å². The van der Waals surface area contributed by atoms with Crippen LogP contribution in [-0.2, 0) is 0 Å². The zero-order valence-corrected chi connectivity index (χ0v) is 9.25. The molecule has 0 spiro atoms. The second kappa shape index (κ2) is 4.99. The van der Waals surface area contributed by atoms with Gasteiger partial charge in [-0.15, -0.1) is 0 Å². The number of pyridine rings is 1. The maximum Gasteiger partial charge on any atom is 0.220 e. The molecule has 17 heavy (non-hydrogen) atoms. The number of rotatable bonds is 3. The van der Waals surface area contributed by atoms with Crippen molar-refractivity contribution in [3.05, 3.63) is 48.2 Å². The van der Waals surface area contributed by atoms with Gasteiger partial charge in [0, 0.05) is 6.07 Å². The first-order valence-corrected chi connectivity index (χ1v) is 5.01. The van der Waals surface area contributed by atoms with Crippen LogP contribution in [0.25, 0.3) is 0 Å². The molecule has 0 unspecified atom stereocenters. The van der Waals surface area contributed by atoms with E-state index < -0.39 is 0 Å². The van der Waals surface area contributed by atoms with Crippen molar-refractivity contribution in [3.8, 4) is 23.4 Å². The number of nitriles is 1. The molecule has 0 atom stereocenters. The summed E-state index contributed by atoms with van der Waals surface area (Å²) in [5.41, 5.74) is 0.317. The molecule has 0 saturated heterocycles. The van der Waals surface area contributed by atoms with Gasteiger partial charge in [-0.1, -0.05) is 18.2 Å². The topological polar surface area (TPSA) is 55.1 Å². The lowest BCUT2D eigenvalue weighted by Gasteiger charge is -2.08. The van der Waals surface area contributed by atoms with Gasteiger partial charge in [0.25, 0.3) is 0 Å². The molecule has 4 heteroatoms. The lowest BCUT2D eigenvalue weighted by molar-refractivity contribution is 0.374. The molecule has 0 aliphatic heterocycles. The Morgan fingerprint density at radius 3 is 2.53 bits per heavy atom. The standard InChI is InChI=1S/C13H10N2O2/c1-16-11-6-2-3-7-12(11)17-13-8-4-5-10(9-14)15-13/h2-8H,1H3. The van der Waals surface area contributed by atoms with Gasteiger partial charge in [0.2, 0.25) is 5.88 Å². The Kier molecular flexibility index (Phi) is 3.22. The fraction of sp³-hybridized carbons (Fsp3) is 0.0769. The van der Waals surface area contributed by atoms with Crippen molar-refractivity contribution in [3.63, 3.8) is 0 Å². The van der Waals surface area contributed by atoms with Crippen LogP contribution < -0.4 is 9.47 Å². The summed E-state index contributed by atoms with van der Waals surface area (Å²) in [5, 5.41) is 8.74. The van der Waals surface area contributed by atoms with Crippen LogP contribution in [0.5, 0.6) is 17.4 Å². The number of para-hydroxylation sites is 2. The molecule has 0 fully saturated rings. The quantitative estimate of drug-likeness (QED) is 0.807. The van der Waals surface area contributed by atoms with E-state index in [0.29, 0.717) is 23.1 Å². The highest BCUT2D eigenvalue weighted by atomic mass is 16.5. The summed E-state index contributed by atoms with van der Waals surface area (Å²) < 4.78 is 10.7. The number of benzene rings is 1. The molecule has 4 nitrogen and oxygen atoms in total. The molecule has 0 amide bonds. The number of aromatic nitrogens is 1. The summed E-state index contributed by atoms with van der Waals surface area (Å²) in [6, 6.07) is 14.2. The molecule has 2 aromatic rings. The van der Waals surface area contributed by atoms with E-state index in [1.54, 1.807) is 37.4 Å². The average Bonchev–Trinajstić information content (AvgIpc) is 2.39. The van der Waals surface area contributed by atoms with Gasteiger partial charge in [0.05, 0.1) is 7.11 Å². The zero-order valence-electron chi connectivity index (χ0n) is 9.25. The van der Waals surface area contributed by atoms with Crippen molar-refractivity contribution < 1.29 is 9.47 Å². The third-order valence-electron chi connectivity index (χ3n) is 2.12. The minimum absolute atomic E-state index is 0.317. The van der Waals surface area contributed by atoms with Crippen molar-refractivity contribution in [1.82, 2.24) is 4.98 Å². The van der Waals surface area contributed by atoms with Crippen LogP contribution in [0.2, 0.25) is 0 Å². The van der Waals surface area contributed by atoms with Crippen molar-refractivity contribution in [2.24, 2.45) is 0 Å². The van der Waals surface area contributed by atoms with Crippen LogP contribution in [0.1, 0.15) is 5.69 Å². The van der Waals surface area contributed by atoms with Crippen LogP contribution in [0.3, 0.4) is 0 Å².